The predicted octanol–water partition coefficient (Wildman–Crippen LogP) is 4.08. The Labute approximate surface area is 136 Å². The zero-order valence-corrected chi connectivity index (χ0v) is 14.1. The molecule has 3 rings (SSSR count). The van der Waals surface area contributed by atoms with Crippen molar-refractivity contribution in [3.05, 3.63) is 52.1 Å². The lowest BCUT2D eigenvalue weighted by atomic mass is 10.1. The topological polar surface area (TPSA) is 59.3 Å². The van der Waals surface area contributed by atoms with E-state index in [2.05, 4.69) is 27.3 Å². The molecule has 0 saturated heterocycles. The quantitative estimate of drug-likeness (QED) is 0.659. The van der Waals surface area contributed by atoms with Gasteiger partial charge in [-0.25, -0.2) is 8.42 Å². The molecule has 0 bridgehead atoms. The number of sulfonamides is 1. The van der Waals surface area contributed by atoms with Gasteiger partial charge in [-0.3, -0.25) is 4.72 Å². The standard InChI is InChI=1S/C15H12INO3S/c1-21(18,19)17-12-7-11-8-14(10-5-3-2-4-6-10)20-15(11)13(16)9-12/h2-9,17H,1H3. The summed E-state index contributed by atoms with van der Waals surface area (Å²) in [4.78, 5) is 0. The van der Waals surface area contributed by atoms with Crippen molar-refractivity contribution >= 4 is 49.3 Å². The largest absolute Gasteiger partial charge is 0.455 e. The summed E-state index contributed by atoms with van der Waals surface area (Å²) in [6, 6.07) is 15.2. The van der Waals surface area contributed by atoms with Crippen LogP contribution in [0.3, 0.4) is 0 Å². The number of nitrogens with one attached hydrogen (secondary N) is 1. The number of hydrogen-bond donors (Lipinski definition) is 1. The Bertz CT molecular complexity index is 901. The molecule has 0 fully saturated rings. The van der Waals surface area contributed by atoms with Crippen LogP contribution in [0.2, 0.25) is 0 Å². The molecule has 3 aromatic rings. The molecule has 108 valence electrons. The van der Waals surface area contributed by atoms with Crippen molar-refractivity contribution in [1.82, 2.24) is 0 Å². The smallest absolute Gasteiger partial charge is 0.229 e. The number of rotatable bonds is 3. The van der Waals surface area contributed by atoms with Crippen LogP contribution in [0.4, 0.5) is 5.69 Å². The van der Waals surface area contributed by atoms with Gasteiger partial charge in [0.15, 0.2) is 0 Å². The van der Waals surface area contributed by atoms with Gasteiger partial charge in [0.05, 0.1) is 15.5 Å². The summed E-state index contributed by atoms with van der Waals surface area (Å²) in [6.45, 7) is 0. The number of benzene rings is 2. The third kappa shape index (κ3) is 3.21. The number of halogens is 1. The van der Waals surface area contributed by atoms with Crippen LogP contribution < -0.4 is 4.72 Å². The Hall–Kier alpha value is -1.54. The third-order valence-electron chi connectivity index (χ3n) is 2.93. The van der Waals surface area contributed by atoms with E-state index in [0.717, 1.165) is 32.1 Å². The van der Waals surface area contributed by atoms with E-state index >= 15 is 0 Å². The summed E-state index contributed by atoms with van der Waals surface area (Å²) in [7, 11) is -3.29. The molecular formula is C15H12INO3S. The van der Waals surface area contributed by atoms with Crippen LogP contribution in [0, 0.1) is 3.57 Å². The molecule has 1 heterocycles. The maximum Gasteiger partial charge on any atom is 0.229 e. The maximum absolute atomic E-state index is 11.3. The number of furan rings is 1. The van der Waals surface area contributed by atoms with E-state index in [-0.39, 0.29) is 0 Å². The molecule has 1 aromatic heterocycles. The van der Waals surface area contributed by atoms with Gasteiger partial charge in [0.1, 0.15) is 11.3 Å². The highest BCUT2D eigenvalue weighted by Gasteiger charge is 2.12. The van der Waals surface area contributed by atoms with Crippen molar-refractivity contribution in [1.29, 1.82) is 0 Å². The van der Waals surface area contributed by atoms with Gasteiger partial charge < -0.3 is 4.42 Å². The molecule has 0 spiro atoms. The molecule has 21 heavy (non-hydrogen) atoms. The number of anilines is 1. The van der Waals surface area contributed by atoms with Gasteiger partial charge in [0.25, 0.3) is 0 Å². The maximum atomic E-state index is 11.3. The van der Waals surface area contributed by atoms with Gasteiger partial charge in [-0.15, -0.1) is 0 Å². The van der Waals surface area contributed by atoms with Crippen molar-refractivity contribution in [3.63, 3.8) is 0 Å². The molecule has 0 aliphatic heterocycles. The molecule has 4 nitrogen and oxygen atoms in total. The van der Waals surface area contributed by atoms with Gasteiger partial charge in [0.2, 0.25) is 10.0 Å². The normalized spacial score (nSPS) is 11.7. The predicted molar refractivity (Wildman–Crippen MR) is 92.8 cm³/mol. The van der Waals surface area contributed by atoms with Crippen molar-refractivity contribution in [3.8, 4) is 11.3 Å². The van der Waals surface area contributed by atoms with E-state index in [4.69, 9.17) is 4.42 Å². The molecule has 0 atom stereocenters. The van der Waals surface area contributed by atoms with Crippen LogP contribution in [0.1, 0.15) is 0 Å². The SMILES string of the molecule is CS(=O)(=O)Nc1cc(I)c2oc(-c3ccccc3)cc2c1. The molecule has 0 radical (unpaired) electrons. The minimum atomic E-state index is -3.29. The molecule has 6 heteroatoms. The summed E-state index contributed by atoms with van der Waals surface area (Å²) >= 11 is 2.14. The Morgan fingerprint density at radius 2 is 1.81 bits per heavy atom. The van der Waals surface area contributed by atoms with Crippen LogP contribution in [-0.4, -0.2) is 14.7 Å². The summed E-state index contributed by atoms with van der Waals surface area (Å²) in [5.74, 6) is 0.764. The second-order valence-corrected chi connectivity index (χ2v) is 7.64. The third-order valence-corrected chi connectivity index (χ3v) is 4.34. The fourth-order valence-electron chi connectivity index (χ4n) is 2.13. The zero-order valence-electron chi connectivity index (χ0n) is 11.1. The first kappa shape index (κ1) is 14.4. The van der Waals surface area contributed by atoms with Gasteiger partial charge in [-0.1, -0.05) is 30.3 Å². The highest BCUT2D eigenvalue weighted by molar-refractivity contribution is 14.1. The Balaban J connectivity index is 2.11. The van der Waals surface area contributed by atoms with E-state index in [9.17, 15) is 8.42 Å². The van der Waals surface area contributed by atoms with Crippen molar-refractivity contribution in [2.45, 2.75) is 0 Å². The molecule has 1 N–H and O–H groups in total. The lowest BCUT2D eigenvalue weighted by Gasteiger charge is -2.04. The van der Waals surface area contributed by atoms with E-state index in [1.807, 2.05) is 36.4 Å². The lowest BCUT2D eigenvalue weighted by Crippen LogP contribution is -2.09. The van der Waals surface area contributed by atoms with Gasteiger partial charge in [-0.2, -0.15) is 0 Å². The van der Waals surface area contributed by atoms with Gasteiger partial charge in [0, 0.05) is 10.9 Å². The Morgan fingerprint density at radius 3 is 2.48 bits per heavy atom. The van der Waals surface area contributed by atoms with Crippen molar-refractivity contribution in [2.24, 2.45) is 0 Å². The zero-order chi connectivity index (χ0) is 15.0. The fraction of sp³-hybridized carbons (Fsp3) is 0.0667. The summed E-state index contributed by atoms with van der Waals surface area (Å²) in [6.07, 6.45) is 1.13. The molecule has 0 amide bonds. The first-order valence-electron chi connectivity index (χ1n) is 6.19. The molecule has 0 unspecified atom stereocenters. The van der Waals surface area contributed by atoms with E-state index in [1.165, 1.54) is 0 Å². The molecule has 0 aliphatic rings. The minimum Gasteiger partial charge on any atom is -0.455 e. The Morgan fingerprint density at radius 1 is 1.10 bits per heavy atom. The van der Waals surface area contributed by atoms with Crippen LogP contribution in [-0.2, 0) is 10.0 Å². The second-order valence-electron chi connectivity index (χ2n) is 4.73. The monoisotopic (exact) mass is 413 g/mol. The minimum absolute atomic E-state index is 0.537. The lowest BCUT2D eigenvalue weighted by molar-refractivity contribution is 0.606. The molecular weight excluding hydrogens is 401 g/mol. The van der Waals surface area contributed by atoms with Gasteiger partial charge >= 0.3 is 0 Å². The number of hydrogen-bond acceptors (Lipinski definition) is 3. The first-order chi connectivity index (χ1) is 9.92. The average Bonchev–Trinajstić information content (AvgIpc) is 2.82. The Kier molecular flexibility index (Phi) is 3.66. The van der Waals surface area contributed by atoms with Crippen molar-refractivity contribution in [2.75, 3.05) is 11.0 Å². The van der Waals surface area contributed by atoms with Crippen LogP contribution in [0.15, 0.2) is 52.9 Å². The van der Waals surface area contributed by atoms with E-state index < -0.39 is 10.0 Å². The molecule has 2 aromatic carbocycles. The van der Waals surface area contributed by atoms with Crippen LogP contribution in [0.5, 0.6) is 0 Å². The van der Waals surface area contributed by atoms with Crippen LogP contribution >= 0.6 is 22.6 Å². The van der Waals surface area contributed by atoms with E-state index in [0.29, 0.717) is 5.69 Å². The van der Waals surface area contributed by atoms with Crippen molar-refractivity contribution < 1.29 is 12.8 Å². The second kappa shape index (κ2) is 5.34. The molecule has 0 aliphatic carbocycles. The fourth-order valence-corrected chi connectivity index (χ4v) is 3.43. The first-order valence-corrected chi connectivity index (χ1v) is 9.16. The highest BCUT2D eigenvalue weighted by Crippen LogP contribution is 2.33. The summed E-state index contributed by atoms with van der Waals surface area (Å²) < 4.78 is 31.9. The summed E-state index contributed by atoms with van der Waals surface area (Å²) in [5.41, 5.74) is 2.28. The summed E-state index contributed by atoms with van der Waals surface area (Å²) in [5, 5.41) is 0.868. The highest BCUT2D eigenvalue weighted by atomic mass is 127. The van der Waals surface area contributed by atoms with Crippen LogP contribution in [0.25, 0.3) is 22.3 Å². The number of fused-ring (bicyclic) bond motifs is 1. The van der Waals surface area contributed by atoms with Gasteiger partial charge in [-0.05, 0) is 40.8 Å². The average molecular weight is 413 g/mol. The van der Waals surface area contributed by atoms with E-state index in [1.54, 1.807) is 12.1 Å². The molecule has 0 saturated carbocycles.